The largest absolute Gasteiger partial charge is 0.394 e. The normalized spacial score (nSPS) is 26.3. The monoisotopic (exact) mass is 374 g/mol. The molecular formula is C17H18N4O4S. The van der Waals surface area contributed by atoms with Crippen molar-refractivity contribution in [2.24, 2.45) is 0 Å². The van der Waals surface area contributed by atoms with Gasteiger partial charge in [-0.3, -0.25) is 0 Å². The summed E-state index contributed by atoms with van der Waals surface area (Å²) < 4.78 is 7.19. The van der Waals surface area contributed by atoms with E-state index in [9.17, 15) is 15.3 Å². The second-order valence-corrected chi connectivity index (χ2v) is 6.86. The number of aliphatic hydroxyl groups excluding tert-OH is 3. The first-order chi connectivity index (χ1) is 12.6. The number of thiophene rings is 1. The third-order valence-corrected chi connectivity index (χ3v) is 5.17. The molecule has 3 aromatic heterocycles. The van der Waals surface area contributed by atoms with Gasteiger partial charge in [0.1, 0.15) is 36.3 Å². The van der Waals surface area contributed by atoms with Crippen molar-refractivity contribution in [3.63, 3.8) is 0 Å². The molecule has 4 heterocycles. The topological polar surface area (TPSA) is 126 Å². The number of rotatable bonds is 4. The number of nitrogen functional groups attached to an aromatic ring is 1. The highest BCUT2D eigenvalue weighted by Crippen LogP contribution is 2.36. The number of hydrogen-bond acceptors (Lipinski definition) is 8. The maximum absolute atomic E-state index is 10.3. The molecular weight excluding hydrogens is 356 g/mol. The zero-order chi connectivity index (χ0) is 18.3. The van der Waals surface area contributed by atoms with Gasteiger partial charge in [0.25, 0.3) is 0 Å². The van der Waals surface area contributed by atoms with Gasteiger partial charge in [0.2, 0.25) is 0 Å². The molecule has 26 heavy (non-hydrogen) atoms. The molecule has 4 rings (SSSR count). The Morgan fingerprint density at radius 3 is 2.85 bits per heavy atom. The van der Waals surface area contributed by atoms with Crippen LogP contribution in [0.2, 0.25) is 0 Å². The molecule has 4 atom stereocenters. The van der Waals surface area contributed by atoms with Gasteiger partial charge in [0.15, 0.2) is 5.82 Å². The molecule has 3 aromatic rings. The molecule has 1 fully saturated rings. The Morgan fingerprint density at radius 2 is 2.15 bits per heavy atom. The number of nitrogens with two attached hydrogens (primary N) is 1. The summed E-state index contributed by atoms with van der Waals surface area (Å²) in [6.07, 6.45) is 1.09. The summed E-state index contributed by atoms with van der Waals surface area (Å²) in [6, 6.07) is 3.79. The minimum absolute atomic E-state index is 0.294. The molecule has 0 aliphatic carbocycles. The minimum atomic E-state index is -1.19. The second kappa shape index (κ2) is 6.78. The number of ether oxygens (including phenoxy) is 1. The average Bonchev–Trinajstić information content (AvgIpc) is 3.34. The predicted molar refractivity (Wildman–Crippen MR) is 97.4 cm³/mol. The summed E-state index contributed by atoms with van der Waals surface area (Å²) in [6.45, 7) is -0.389. The Morgan fingerprint density at radius 1 is 1.31 bits per heavy atom. The Labute approximate surface area is 152 Å². The van der Waals surface area contributed by atoms with Crippen molar-refractivity contribution < 1.29 is 20.1 Å². The van der Waals surface area contributed by atoms with Crippen LogP contribution in [-0.4, -0.2) is 54.8 Å². The number of aromatic nitrogens is 3. The van der Waals surface area contributed by atoms with E-state index in [2.05, 4.69) is 10.1 Å². The summed E-state index contributed by atoms with van der Waals surface area (Å²) in [4.78, 5) is 4.04. The summed E-state index contributed by atoms with van der Waals surface area (Å²) in [7, 11) is 0. The van der Waals surface area contributed by atoms with Gasteiger partial charge < -0.3 is 25.8 Å². The van der Waals surface area contributed by atoms with Crippen LogP contribution in [0.4, 0.5) is 5.82 Å². The number of nitrogens with zero attached hydrogens (tertiary/aromatic N) is 3. The first-order valence-corrected chi connectivity index (χ1v) is 8.99. The number of aliphatic hydroxyl groups is 3. The van der Waals surface area contributed by atoms with Crippen LogP contribution in [0, 0.1) is 0 Å². The van der Waals surface area contributed by atoms with E-state index in [0.29, 0.717) is 17.0 Å². The minimum Gasteiger partial charge on any atom is -0.394 e. The fourth-order valence-electron chi connectivity index (χ4n) is 3.15. The number of fused-ring (bicyclic) bond motifs is 1. The van der Waals surface area contributed by atoms with E-state index in [1.807, 2.05) is 29.0 Å². The summed E-state index contributed by atoms with van der Waals surface area (Å²) in [5.74, 6) is 0.294. The van der Waals surface area contributed by atoms with Crippen molar-refractivity contribution in [1.29, 1.82) is 0 Å². The van der Waals surface area contributed by atoms with Gasteiger partial charge in [0.05, 0.1) is 12.3 Å². The molecule has 1 aliphatic heterocycles. The van der Waals surface area contributed by atoms with Crippen LogP contribution < -0.4 is 5.73 Å². The highest BCUT2D eigenvalue weighted by molar-refractivity contribution is 7.08. The molecule has 5 N–H and O–H groups in total. The SMILES string of the molecule is Nc1ncnn2c([C@@H]3O[C@H](CO)[C@@H](O)[C@H]3O)cc(/C=C/c3ccsc3)c12. The van der Waals surface area contributed by atoms with E-state index in [1.165, 1.54) is 6.33 Å². The third-order valence-electron chi connectivity index (χ3n) is 4.47. The van der Waals surface area contributed by atoms with Crippen LogP contribution in [0.1, 0.15) is 22.9 Å². The van der Waals surface area contributed by atoms with E-state index in [4.69, 9.17) is 10.5 Å². The van der Waals surface area contributed by atoms with Crippen LogP contribution in [0.3, 0.4) is 0 Å². The highest BCUT2D eigenvalue weighted by atomic mass is 32.1. The standard InChI is InChI=1S/C17H18N4O4S/c18-17-13-10(2-1-9-3-4-26-7-9)5-11(21(13)20-8-19-17)16-15(24)14(23)12(6-22)25-16/h1-5,7-8,12,14-16,22-24H,6H2,(H2,18,19,20)/b2-1+/t12-,14-,15-,16+/m1/s1. The van der Waals surface area contributed by atoms with Crippen molar-refractivity contribution >= 4 is 34.8 Å². The van der Waals surface area contributed by atoms with E-state index >= 15 is 0 Å². The average molecular weight is 374 g/mol. The van der Waals surface area contributed by atoms with Crippen molar-refractivity contribution in [3.05, 3.63) is 46.0 Å². The maximum Gasteiger partial charge on any atom is 0.151 e. The molecule has 0 saturated carbocycles. The molecule has 9 heteroatoms. The molecule has 0 bridgehead atoms. The summed E-state index contributed by atoms with van der Waals surface area (Å²) >= 11 is 1.60. The van der Waals surface area contributed by atoms with Gasteiger partial charge >= 0.3 is 0 Å². The van der Waals surface area contributed by atoms with Crippen molar-refractivity contribution in [3.8, 4) is 0 Å². The van der Waals surface area contributed by atoms with E-state index in [1.54, 1.807) is 21.9 Å². The lowest BCUT2D eigenvalue weighted by atomic mass is 10.1. The van der Waals surface area contributed by atoms with Crippen molar-refractivity contribution in [2.75, 3.05) is 12.3 Å². The lowest BCUT2D eigenvalue weighted by molar-refractivity contribution is -0.0244. The number of hydrogen-bond donors (Lipinski definition) is 4. The van der Waals surface area contributed by atoms with E-state index in [-0.39, 0.29) is 6.61 Å². The molecule has 0 aromatic carbocycles. The smallest absolute Gasteiger partial charge is 0.151 e. The zero-order valence-corrected chi connectivity index (χ0v) is 14.5. The molecule has 0 radical (unpaired) electrons. The summed E-state index contributed by atoms with van der Waals surface area (Å²) in [5.41, 5.74) is 8.98. The third kappa shape index (κ3) is 2.79. The predicted octanol–water partition coefficient (Wildman–Crippen LogP) is 0.697. The molecule has 1 aliphatic rings. The van der Waals surface area contributed by atoms with Gasteiger partial charge in [0, 0.05) is 5.56 Å². The van der Waals surface area contributed by atoms with Crippen LogP contribution >= 0.6 is 11.3 Å². The van der Waals surface area contributed by atoms with Gasteiger partial charge in [-0.2, -0.15) is 16.4 Å². The molecule has 1 saturated heterocycles. The van der Waals surface area contributed by atoms with Gasteiger partial charge in [-0.15, -0.1) is 0 Å². The van der Waals surface area contributed by atoms with Crippen LogP contribution in [0.25, 0.3) is 17.7 Å². The first kappa shape index (κ1) is 17.1. The maximum atomic E-state index is 10.3. The van der Waals surface area contributed by atoms with Crippen molar-refractivity contribution in [2.45, 2.75) is 24.4 Å². The molecule has 0 unspecified atom stereocenters. The van der Waals surface area contributed by atoms with Crippen LogP contribution in [-0.2, 0) is 4.74 Å². The Balaban J connectivity index is 1.80. The van der Waals surface area contributed by atoms with Gasteiger partial charge in [-0.05, 0) is 28.5 Å². The van der Waals surface area contributed by atoms with Gasteiger partial charge in [-0.25, -0.2) is 9.50 Å². The van der Waals surface area contributed by atoms with Crippen LogP contribution in [0.15, 0.2) is 29.2 Å². The fourth-order valence-corrected chi connectivity index (χ4v) is 3.78. The second-order valence-electron chi connectivity index (χ2n) is 6.08. The Bertz CT molecular complexity index is 940. The quantitative estimate of drug-likeness (QED) is 0.529. The Hall–Kier alpha value is -2.30. The molecule has 0 amide bonds. The number of anilines is 1. The fraction of sp³-hybridized carbons (Fsp3) is 0.294. The lowest BCUT2D eigenvalue weighted by Gasteiger charge is -2.14. The van der Waals surface area contributed by atoms with E-state index in [0.717, 1.165) is 11.1 Å². The van der Waals surface area contributed by atoms with Crippen molar-refractivity contribution in [1.82, 2.24) is 14.6 Å². The molecule has 8 nitrogen and oxygen atoms in total. The van der Waals surface area contributed by atoms with E-state index < -0.39 is 24.4 Å². The van der Waals surface area contributed by atoms with Crippen LogP contribution in [0.5, 0.6) is 0 Å². The first-order valence-electron chi connectivity index (χ1n) is 8.05. The molecule has 136 valence electrons. The zero-order valence-electron chi connectivity index (χ0n) is 13.6. The van der Waals surface area contributed by atoms with Gasteiger partial charge in [-0.1, -0.05) is 12.2 Å². The summed E-state index contributed by atoms with van der Waals surface area (Å²) in [5, 5.41) is 37.9. The lowest BCUT2D eigenvalue weighted by Crippen LogP contribution is -2.32. The Kier molecular flexibility index (Phi) is 4.47. The highest BCUT2D eigenvalue weighted by Gasteiger charge is 2.44. The molecule has 0 spiro atoms.